The lowest BCUT2D eigenvalue weighted by Gasteiger charge is -2.28. The van der Waals surface area contributed by atoms with Crippen LogP contribution < -0.4 is 5.32 Å². The van der Waals surface area contributed by atoms with Gasteiger partial charge in [-0.1, -0.05) is 36.4 Å². The second-order valence-corrected chi connectivity index (χ2v) is 9.50. The number of ketones is 1. The second kappa shape index (κ2) is 10.5. The molecule has 2 heterocycles. The number of nitrogens with one attached hydrogen (secondary N) is 1. The van der Waals surface area contributed by atoms with Crippen LogP contribution in [-0.4, -0.2) is 69.6 Å². The number of amides is 3. The van der Waals surface area contributed by atoms with E-state index < -0.39 is 35.8 Å². The van der Waals surface area contributed by atoms with Gasteiger partial charge in [0.2, 0.25) is 5.91 Å². The maximum atomic E-state index is 13.8. The number of nitrogens with zero attached hydrogens (tertiary/aromatic N) is 2. The third-order valence-electron chi connectivity index (χ3n) is 7.05. The number of likely N-dealkylation sites (tertiary alicyclic amines) is 2. The fourth-order valence-corrected chi connectivity index (χ4v) is 5.22. The minimum atomic E-state index is -1.05. The largest absolute Gasteiger partial charge is 0.508 e. The summed E-state index contributed by atoms with van der Waals surface area (Å²) in [5.41, 5.74) is 1.21. The maximum absolute atomic E-state index is 13.8. The molecular formula is C29H26FN3O5. The lowest BCUT2D eigenvalue weighted by molar-refractivity contribution is -0.138. The number of benzene rings is 3. The third-order valence-corrected chi connectivity index (χ3v) is 7.05. The molecule has 0 unspecified atom stereocenters. The summed E-state index contributed by atoms with van der Waals surface area (Å²) in [4.78, 5) is 55.9. The Balaban J connectivity index is 1.38. The van der Waals surface area contributed by atoms with Crippen LogP contribution in [0, 0.1) is 5.82 Å². The molecule has 0 bridgehead atoms. The molecule has 3 atom stereocenters. The number of carbonyl (C=O) groups excluding carboxylic acids is 4. The maximum Gasteiger partial charge on any atom is 0.254 e. The molecule has 8 nitrogen and oxygen atoms in total. The quantitative estimate of drug-likeness (QED) is 0.525. The standard InChI is InChI=1S/C29H26FN3O5/c30-21-8-4-7-20(16-21)27(36)31-23(15-18-9-11-22(34)12-10-18)29(38)32-14-13-24-26(32)25(35)17-33(24)28(37)19-5-2-1-3-6-19/h1-12,16,23-24,26,34H,13-15,17H2,(H,31,36)/t23-,24+,26-/m0/s1. The summed E-state index contributed by atoms with van der Waals surface area (Å²) < 4.78 is 13.7. The average molecular weight is 516 g/mol. The molecular weight excluding hydrogens is 489 g/mol. The summed E-state index contributed by atoms with van der Waals surface area (Å²) in [6.45, 7) is 0.158. The average Bonchev–Trinajstić information content (AvgIpc) is 3.50. The van der Waals surface area contributed by atoms with Crippen molar-refractivity contribution in [3.63, 3.8) is 0 Å². The Bertz CT molecular complexity index is 1380. The summed E-state index contributed by atoms with van der Waals surface area (Å²) in [6.07, 6.45) is 0.527. The SMILES string of the molecule is O=C(N[C@@H](Cc1ccc(O)cc1)C(=O)N1CC[C@@H]2[C@H]1C(=O)CN2C(=O)c1ccccc1)c1cccc(F)c1. The number of Topliss-reactive ketones (excluding diaryl/α,β-unsaturated/α-hetero) is 1. The zero-order chi connectivity index (χ0) is 26.8. The molecule has 3 aromatic rings. The Labute approximate surface area is 218 Å². The summed E-state index contributed by atoms with van der Waals surface area (Å²) in [6, 6.07) is 17.7. The van der Waals surface area contributed by atoms with E-state index in [1.54, 1.807) is 42.5 Å². The minimum absolute atomic E-state index is 0.0579. The van der Waals surface area contributed by atoms with Crippen LogP contribution in [0.4, 0.5) is 4.39 Å². The molecule has 0 aromatic heterocycles. The fourth-order valence-electron chi connectivity index (χ4n) is 5.22. The van der Waals surface area contributed by atoms with Crippen LogP contribution in [0.2, 0.25) is 0 Å². The normalized spacial score (nSPS) is 19.2. The van der Waals surface area contributed by atoms with E-state index in [4.69, 9.17) is 0 Å². The third kappa shape index (κ3) is 5.00. The van der Waals surface area contributed by atoms with E-state index >= 15 is 0 Å². The molecule has 2 N–H and O–H groups in total. The zero-order valence-corrected chi connectivity index (χ0v) is 20.4. The van der Waals surface area contributed by atoms with E-state index in [0.717, 1.165) is 6.07 Å². The van der Waals surface area contributed by atoms with Gasteiger partial charge < -0.3 is 20.2 Å². The number of rotatable bonds is 6. The minimum Gasteiger partial charge on any atom is -0.508 e. The Morgan fingerprint density at radius 2 is 1.66 bits per heavy atom. The zero-order valence-electron chi connectivity index (χ0n) is 20.4. The lowest BCUT2D eigenvalue weighted by atomic mass is 10.0. The van der Waals surface area contributed by atoms with Gasteiger partial charge in [0.15, 0.2) is 5.78 Å². The fraction of sp³-hybridized carbons (Fsp3) is 0.241. The number of phenols is 1. The first-order chi connectivity index (χ1) is 18.3. The summed E-state index contributed by atoms with van der Waals surface area (Å²) in [5.74, 6) is -2.11. The molecule has 194 valence electrons. The van der Waals surface area contributed by atoms with Crippen LogP contribution in [0.3, 0.4) is 0 Å². The van der Waals surface area contributed by atoms with Crippen molar-refractivity contribution in [2.75, 3.05) is 13.1 Å². The monoisotopic (exact) mass is 515 g/mol. The first-order valence-corrected chi connectivity index (χ1v) is 12.4. The summed E-state index contributed by atoms with van der Waals surface area (Å²) >= 11 is 0. The van der Waals surface area contributed by atoms with Crippen LogP contribution in [-0.2, 0) is 16.0 Å². The van der Waals surface area contributed by atoms with Crippen molar-refractivity contribution in [1.82, 2.24) is 15.1 Å². The molecule has 3 aromatic carbocycles. The number of carbonyl (C=O) groups is 4. The van der Waals surface area contributed by atoms with Crippen molar-refractivity contribution >= 4 is 23.5 Å². The molecule has 0 radical (unpaired) electrons. The van der Waals surface area contributed by atoms with Crippen molar-refractivity contribution in [3.05, 3.63) is 101 Å². The molecule has 0 aliphatic carbocycles. The van der Waals surface area contributed by atoms with Gasteiger partial charge in [-0.25, -0.2) is 4.39 Å². The Morgan fingerprint density at radius 1 is 0.947 bits per heavy atom. The predicted molar refractivity (Wildman–Crippen MR) is 136 cm³/mol. The molecule has 3 amide bonds. The van der Waals surface area contributed by atoms with Crippen LogP contribution in [0.25, 0.3) is 0 Å². The van der Waals surface area contributed by atoms with Crippen molar-refractivity contribution in [2.45, 2.75) is 31.0 Å². The van der Waals surface area contributed by atoms with Crippen LogP contribution in [0.5, 0.6) is 5.75 Å². The van der Waals surface area contributed by atoms with Gasteiger partial charge in [0.25, 0.3) is 11.8 Å². The molecule has 2 saturated heterocycles. The summed E-state index contributed by atoms with van der Waals surface area (Å²) in [7, 11) is 0. The Kier molecular flexibility index (Phi) is 6.91. The van der Waals surface area contributed by atoms with Crippen LogP contribution in [0.1, 0.15) is 32.7 Å². The summed E-state index contributed by atoms with van der Waals surface area (Å²) in [5, 5.41) is 12.3. The highest BCUT2D eigenvalue weighted by molar-refractivity contribution is 6.03. The van der Waals surface area contributed by atoms with E-state index in [0.29, 0.717) is 17.5 Å². The highest BCUT2D eigenvalue weighted by atomic mass is 19.1. The molecule has 38 heavy (non-hydrogen) atoms. The van der Waals surface area contributed by atoms with Gasteiger partial charge in [-0.2, -0.15) is 0 Å². The smallest absolute Gasteiger partial charge is 0.254 e. The number of hydrogen-bond acceptors (Lipinski definition) is 5. The number of fused-ring (bicyclic) bond motifs is 1. The van der Waals surface area contributed by atoms with Crippen LogP contribution >= 0.6 is 0 Å². The first-order valence-electron chi connectivity index (χ1n) is 12.4. The number of phenolic OH excluding ortho intramolecular Hbond substituents is 1. The van der Waals surface area contributed by atoms with E-state index in [2.05, 4.69) is 5.32 Å². The van der Waals surface area contributed by atoms with Gasteiger partial charge >= 0.3 is 0 Å². The molecule has 2 aliphatic heterocycles. The van der Waals surface area contributed by atoms with Gasteiger partial charge in [0.1, 0.15) is 23.7 Å². The molecule has 9 heteroatoms. The van der Waals surface area contributed by atoms with Crippen molar-refractivity contribution < 1.29 is 28.7 Å². The van der Waals surface area contributed by atoms with E-state index in [1.165, 1.54) is 40.1 Å². The number of aromatic hydroxyl groups is 1. The first kappa shape index (κ1) is 25.1. The van der Waals surface area contributed by atoms with Gasteiger partial charge in [-0.05, 0) is 54.4 Å². The molecule has 2 aliphatic rings. The van der Waals surface area contributed by atoms with Gasteiger partial charge in [-0.3, -0.25) is 19.2 Å². The molecule has 0 spiro atoms. The Hall–Kier alpha value is -4.53. The predicted octanol–water partition coefficient (Wildman–Crippen LogP) is 2.57. The van der Waals surface area contributed by atoms with Gasteiger partial charge in [0, 0.05) is 24.1 Å². The second-order valence-electron chi connectivity index (χ2n) is 9.50. The lowest BCUT2D eigenvalue weighted by Crippen LogP contribution is -2.53. The van der Waals surface area contributed by atoms with Gasteiger partial charge in [-0.15, -0.1) is 0 Å². The van der Waals surface area contributed by atoms with Crippen molar-refractivity contribution in [2.24, 2.45) is 0 Å². The van der Waals surface area contributed by atoms with E-state index in [-0.39, 0.29) is 42.5 Å². The van der Waals surface area contributed by atoms with E-state index in [9.17, 15) is 28.7 Å². The van der Waals surface area contributed by atoms with E-state index in [1.807, 2.05) is 0 Å². The topological polar surface area (TPSA) is 107 Å². The molecule has 5 rings (SSSR count). The number of hydrogen-bond donors (Lipinski definition) is 2. The molecule has 2 fully saturated rings. The number of halogens is 1. The van der Waals surface area contributed by atoms with Crippen LogP contribution in [0.15, 0.2) is 78.9 Å². The van der Waals surface area contributed by atoms with Gasteiger partial charge in [0.05, 0.1) is 12.6 Å². The van der Waals surface area contributed by atoms with Crippen molar-refractivity contribution in [1.29, 1.82) is 0 Å². The highest BCUT2D eigenvalue weighted by Crippen LogP contribution is 2.31. The highest BCUT2D eigenvalue weighted by Gasteiger charge is 2.52. The molecule has 0 saturated carbocycles. The Morgan fingerprint density at radius 3 is 2.37 bits per heavy atom. The van der Waals surface area contributed by atoms with Crippen molar-refractivity contribution in [3.8, 4) is 5.75 Å².